The van der Waals surface area contributed by atoms with Gasteiger partial charge in [0.2, 0.25) is 0 Å². The molecule has 124 valence electrons. The molecule has 2 aliphatic heterocycles. The van der Waals surface area contributed by atoms with Gasteiger partial charge in [-0.3, -0.25) is 14.6 Å². The van der Waals surface area contributed by atoms with Crippen molar-refractivity contribution >= 4 is 11.6 Å². The number of β-amino-alcohol motifs (C(OH)–C–C–N with tert-alkyl or cyclic N) is 1. The number of carbonyl (C=O) groups excluding carboxylic acids is 1. The number of carbonyl (C=O) groups is 1. The molecule has 0 saturated carbocycles. The van der Waals surface area contributed by atoms with Gasteiger partial charge in [-0.1, -0.05) is 30.3 Å². The highest BCUT2D eigenvalue weighted by molar-refractivity contribution is 6.02. The van der Waals surface area contributed by atoms with Crippen LogP contribution in [-0.2, 0) is 4.79 Å². The number of amides is 1. The van der Waals surface area contributed by atoms with E-state index in [9.17, 15) is 4.79 Å². The van der Waals surface area contributed by atoms with Gasteiger partial charge in [-0.05, 0) is 5.56 Å². The van der Waals surface area contributed by atoms with Crippen LogP contribution in [0.25, 0.3) is 0 Å². The Hall–Kier alpha value is -1.76. The molecule has 1 amide bonds. The number of hydrogen-bond donors (Lipinski definition) is 1. The average molecular weight is 316 g/mol. The average Bonchev–Trinajstić information content (AvgIpc) is 3.08. The van der Waals surface area contributed by atoms with Gasteiger partial charge in [-0.15, -0.1) is 0 Å². The van der Waals surface area contributed by atoms with Crippen molar-refractivity contribution in [2.24, 2.45) is 5.10 Å². The summed E-state index contributed by atoms with van der Waals surface area (Å²) in [5.74, 6) is 0.0755. The van der Waals surface area contributed by atoms with Gasteiger partial charge in [0.15, 0.2) is 0 Å². The predicted octanol–water partition coefficient (Wildman–Crippen LogP) is 0.233. The van der Waals surface area contributed by atoms with Gasteiger partial charge in [-0.2, -0.15) is 5.10 Å². The Balaban J connectivity index is 1.51. The molecule has 0 radical (unpaired) electrons. The second kappa shape index (κ2) is 7.68. The predicted molar refractivity (Wildman–Crippen MR) is 89.3 cm³/mol. The molecule has 0 unspecified atom stereocenters. The molecule has 1 aromatic carbocycles. The highest BCUT2D eigenvalue weighted by Crippen LogP contribution is 2.14. The van der Waals surface area contributed by atoms with Crippen LogP contribution in [0.15, 0.2) is 35.4 Å². The summed E-state index contributed by atoms with van der Waals surface area (Å²) in [5.41, 5.74) is 2.09. The fourth-order valence-electron chi connectivity index (χ4n) is 3.06. The van der Waals surface area contributed by atoms with Crippen LogP contribution in [0.4, 0.5) is 0 Å². The number of hydrazone groups is 1. The first-order valence-electron chi connectivity index (χ1n) is 8.25. The quantitative estimate of drug-likeness (QED) is 0.845. The highest BCUT2D eigenvalue weighted by Gasteiger charge is 2.25. The van der Waals surface area contributed by atoms with Crippen LogP contribution in [0.1, 0.15) is 12.0 Å². The number of rotatable bonds is 5. The van der Waals surface area contributed by atoms with Crippen LogP contribution in [-0.4, -0.2) is 84.0 Å². The summed E-state index contributed by atoms with van der Waals surface area (Å²) >= 11 is 0. The fourth-order valence-corrected chi connectivity index (χ4v) is 3.06. The molecule has 0 aliphatic carbocycles. The molecule has 1 fully saturated rings. The first kappa shape index (κ1) is 16.1. The first-order valence-corrected chi connectivity index (χ1v) is 8.25. The molecule has 0 spiro atoms. The number of nitrogens with zero attached hydrogens (tertiary/aromatic N) is 4. The summed E-state index contributed by atoms with van der Waals surface area (Å²) in [6, 6.07) is 10.0. The van der Waals surface area contributed by atoms with Gasteiger partial charge in [0.1, 0.15) is 0 Å². The second-order valence-electron chi connectivity index (χ2n) is 6.02. The number of hydrogen-bond acceptors (Lipinski definition) is 5. The molecular formula is C17H24N4O2. The van der Waals surface area contributed by atoms with Crippen LogP contribution in [0.3, 0.4) is 0 Å². The third kappa shape index (κ3) is 4.16. The van der Waals surface area contributed by atoms with Gasteiger partial charge in [0, 0.05) is 39.1 Å². The molecule has 3 rings (SSSR count). The molecule has 2 aliphatic rings. The van der Waals surface area contributed by atoms with Gasteiger partial charge in [0.05, 0.1) is 25.4 Å². The number of aliphatic hydroxyl groups is 1. The molecule has 1 aromatic rings. The normalized spacial score (nSPS) is 19.9. The number of piperazine rings is 1. The lowest BCUT2D eigenvalue weighted by Crippen LogP contribution is -2.49. The Morgan fingerprint density at radius 2 is 1.74 bits per heavy atom. The largest absolute Gasteiger partial charge is 0.395 e. The molecule has 0 aromatic heterocycles. The molecule has 0 bridgehead atoms. The Morgan fingerprint density at radius 1 is 1.04 bits per heavy atom. The van der Waals surface area contributed by atoms with Gasteiger partial charge in [-0.25, -0.2) is 5.01 Å². The third-order valence-corrected chi connectivity index (χ3v) is 4.44. The Bertz CT molecular complexity index is 553. The van der Waals surface area contributed by atoms with Crippen LogP contribution in [0.5, 0.6) is 0 Å². The van der Waals surface area contributed by atoms with Crippen molar-refractivity contribution in [2.45, 2.75) is 6.42 Å². The smallest absolute Gasteiger partial charge is 0.256 e. The summed E-state index contributed by atoms with van der Waals surface area (Å²) in [5, 5.41) is 15.1. The molecule has 6 heteroatoms. The third-order valence-electron chi connectivity index (χ3n) is 4.44. The van der Waals surface area contributed by atoms with Crippen molar-refractivity contribution in [1.29, 1.82) is 0 Å². The van der Waals surface area contributed by atoms with Crippen molar-refractivity contribution in [3.05, 3.63) is 35.9 Å². The van der Waals surface area contributed by atoms with Crippen LogP contribution in [0.2, 0.25) is 0 Å². The molecular weight excluding hydrogens is 292 g/mol. The summed E-state index contributed by atoms with van der Waals surface area (Å²) in [4.78, 5) is 16.8. The topological polar surface area (TPSA) is 59.4 Å². The second-order valence-corrected chi connectivity index (χ2v) is 6.02. The van der Waals surface area contributed by atoms with E-state index in [-0.39, 0.29) is 12.5 Å². The van der Waals surface area contributed by atoms with E-state index in [4.69, 9.17) is 5.11 Å². The maximum atomic E-state index is 12.4. The molecule has 2 heterocycles. The van der Waals surface area contributed by atoms with E-state index in [0.29, 0.717) is 13.1 Å². The van der Waals surface area contributed by atoms with Crippen LogP contribution in [0, 0.1) is 0 Å². The Labute approximate surface area is 137 Å². The molecule has 23 heavy (non-hydrogen) atoms. The van der Waals surface area contributed by atoms with Gasteiger partial charge >= 0.3 is 0 Å². The summed E-state index contributed by atoms with van der Waals surface area (Å²) in [6.07, 6.45) is 0.819. The van der Waals surface area contributed by atoms with E-state index in [1.54, 1.807) is 5.01 Å². The molecule has 0 atom stereocenters. The number of benzene rings is 1. The van der Waals surface area contributed by atoms with E-state index < -0.39 is 0 Å². The summed E-state index contributed by atoms with van der Waals surface area (Å²) < 4.78 is 0. The highest BCUT2D eigenvalue weighted by atomic mass is 16.3. The Kier molecular flexibility index (Phi) is 5.38. The van der Waals surface area contributed by atoms with E-state index >= 15 is 0 Å². The van der Waals surface area contributed by atoms with Crippen molar-refractivity contribution in [3.63, 3.8) is 0 Å². The summed E-state index contributed by atoms with van der Waals surface area (Å²) in [6.45, 7) is 5.58. The van der Waals surface area contributed by atoms with Crippen molar-refractivity contribution in [1.82, 2.24) is 14.8 Å². The van der Waals surface area contributed by atoms with Gasteiger partial charge < -0.3 is 5.11 Å². The Morgan fingerprint density at radius 3 is 2.43 bits per heavy atom. The monoisotopic (exact) mass is 316 g/mol. The van der Waals surface area contributed by atoms with E-state index in [1.165, 1.54) is 0 Å². The lowest BCUT2D eigenvalue weighted by atomic mass is 10.1. The summed E-state index contributed by atoms with van der Waals surface area (Å²) in [7, 11) is 0. The lowest BCUT2D eigenvalue weighted by Gasteiger charge is -2.34. The maximum Gasteiger partial charge on any atom is 0.256 e. The zero-order valence-corrected chi connectivity index (χ0v) is 13.4. The van der Waals surface area contributed by atoms with Crippen LogP contribution >= 0.6 is 0 Å². The standard InChI is InChI=1S/C17H24N4O2/c22-13-12-19-8-10-20(11-9-19)14-17(23)21-7-6-16(18-21)15-4-2-1-3-5-15/h1-5,22H,6-14H2. The van der Waals surface area contributed by atoms with E-state index in [0.717, 1.165) is 50.4 Å². The van der Waals surface area contributed by atoms with E-state index in [1.807, 2.05) is 30.3 Å². The van der Waals surface area contributed by atoms with Crippen LogP contribution < -0.4 is 0 Å². The fraction of sp³-hybridized carbons (Fsp3) is 0.529. The molecule has 1 saturated heterocycles. The first-order chi connectivity index (χ1) is 11.3. The number of aliphatic hydroxyl groups excluding tert-OH is 1. The zero-order valence-electron chi connectivity index (χ0n) is 13.4. The molecule has 6 nitrogen and oxygen atoms in total. The molecule has 1 N–H and O–H groups in total. The minimum atomic E-state index is 0.0755. The van der Waals surface area contributed by atoms with E-state index in [2.05, 4.69) is 14.9 Å². The maximum absolute atomic E-state index is 12.4. The van der Waals surface area contributed by atoms with Crippen molar-refractivity contribution in [2.75, 3.05) is 52.4 Å². The SMILES string of the molecule is O=C(CN1CCN(CCO)CC1)N1CCC(c2ccccc2)=N1. The van der Waals surface area contributed by atoms with Crippen molar-refractivity contribution in [3.8, 4) is 0 Å². The van der Waals surface area contributed by atoms with Crippen molar-refractivity contribution < 1.29 is 9.90 Å². The minimum absolute atomic E-state index is 0.0755. The van der Waals surface area contributed by atoms with Gasteiger partial charge in [0.25, 0.3) is 5.91 Å². The zero-order chi connectivity index (χ0) is 16.1. The minimum Gasteiger partial charge on any atom is -0.395 e. The lowest BCUT2D eigenvalue weighted by molar-refractivity contribution is -0.132.